The fourth-order valence-electron chi connectivity index (χ4n) is 1.86. The van der Waals surface area contributed by atoms with Gasteiger partial charge in [-0.25, -0.2) is 9.97 Å². The molecule has 94 valence electrons. The first-order valence-corrected chi connectivity index (χ1v) is 5.50. The number of aromatic nitrogens is 3. The van der Waals surface area contributed by atoms with Crippen LogP contribution >= 0.6 is 0 Å². The number of nitro groups is 1. The third-order valence-electron chi connectivity index (χ3n) is 2.79. The Morgan fingerprint density at radius 2 is 2.00 bits per heavy atom. The fraction of sp³-hybridized carbons (Fsp3) is 0. The number of nitrogens with two attached hydrogens (primary N) is 1. The van der Waals surface area contributed by atoms with Crippen LogP contribution in [0.5, 0.6) is 0 Å². The van der Waals surface area contributed by atoms with Crippen molar-refractivity contribution in [2.45, 2.75) is 0 Å². The number of hydrogen-bond donors (Lipinski definition) is 1. The lowest BCUT2D eigenvalue weighted by atomic mass is 10.1. The molecule has 2 heterocycles. The minimum Gasteiger partial charge on any atom is -0.383 e. The first-order chi connectivity index (χ1) is 9.16. The van der Waals surface area contributed by atoms with E-state index in [1.807, 2.05) is 0 Å². The maximum Gasteiger partial charge on any atom is 0.269 e. The first-order valence-electron chi connectivity index (χ1n) is 5.50. The van der Waals surface area contributed by atoms with Gasteiger partial charge in [-0.15, -0.1) is 0 Å². The molecule has 7 heteroatoms. The van der Waals surface area contributed by atoms with Crippen LogP contribution in [0.15, 0.2) is 42.7 Å². The quantitative estimate of drug-likeness (QED) is 0.556. The van der Waals surface area contributed by atoms with Gasteiger partial charge in [-0.2, -0.15) is 0 Å². The zero-order valence-corrected chi connectivity index (χ0v) is 9.72. The number of rotatable bonds is 2. The highest BCUT2D eigenvalue weighted by molar-refractivity contribution is 5.74. The molecular formula is C12H9N5O2. The number of non-ortho nitro benzene ring substituents is 1. The highest BCUT2D eigenvalue weighted by Crippen LogP contribution is 2.27. The summed E-state index contributed by atoms with van der Waals surface area (Å²) in [4.78, 5) is 18.6. The van der Waals surface area contributed by atoms with E-state index in [0.29, 0.717) is 22.9 Å². The van der Waals surface area contributed by atoms with Crippen molar-refractivity contribution in [3.05, 3.63) is 52.8 Å². The first kappa shape index (κ1) is 11.1. The second kappa shape index (κ2) is 4.05. The molecule has 0 radical (unpaired) electrons. The lowest BCUT2D eigenvalue weighted by Gasteiger charge is -1.98. The summed E-state index contributed by atoms with van der Waals surface area (Å²) in [6.07, 6.45) is 3.39. The van der Waals surface area contributed by atoms with E-state index in [0.717, 1.165) is 0 Å². The van der Waals surface area contributed by atoms with Crippen molar-refractivity contribution in [2.75, 3.05) is 5.73 Å². The zero-order valence-electron chi connectivity index (χ0n) is 9.72. The molecule has 0 atom stereocenters. The molecule has 0 spiro atoms. The normalized spacial score (nSPS) is 10.7. The van der Waals surface area contributed by atoms with E-state index in [1.54, 1.807) is 35.0 Å². The van der Waals surface area contributed by atoms with E-state index in [-0.39, 0.29) is 5.69 Å². The van der Waals surface area contributed by atoms with Gasteiger partial charge in [0.15, 0.2) is 0 Å². The van der Waals surface area contributed by atoms with Gasteiger partial charge in [-0.1, -0.05) is 0 Å². The average molecular weight is 255 g/mol. The van der Waals surface area contributed by atoms with Gasteiger partial charge in [0.05, 0.1) is 4.92 Å². The van der Waals surface area contributed by atoms with Gasteiger partial charge >= 0.3 is 0 Å². The maximum atomic E-state index is 10.6. The molecule has 0 aliphatic carbocycles. The number of fused-ring (bicyclic) bond motifs is 1. The molecule has 3 aromatic rings. The molecule has 2 aromatic heterocycles. The molecule has 0 saturated heterocycles. The molecule has 2 N–H and O–H groups in total. The zero-order chi connectivity index (χ0) is 13.4. The molecular weight excluding hydrogens is 246 g/mol. The van der Waals surface area contributed by atoms with E-state index in [1.165, 1.54) is 12.1 Å². The Labute approximate surface area is 107 Å². The minimum absolute atomic E-state index is 0.0317. The summed E-state index contributed by atoms with van der Waals surface area (Å²) in [7, 11) is 0. The van der Waals surface area contributed by atoms with Crippen molar-refractivity contribution in [1.29, 1.82) is 0 Å². The molecule has 0 aliphatic rings. The van der Waals surface area contributed by atoms with Crippen molar-refractivity contribution in [3.63, 3.8) is 0 Å². The Kier molecular flexibility index (Phi) is 2.38. The fourth-order valence-corrected chi connectivity index (χ4v) is 1.86. The van der Waals surface area contributed by atoms with Crippen molar-refractivity contribution < 1.29 is 4.92 Å². The summed E-state index contributed by atoms with van der Waals surface area (Å²) in [5, 5.41) is 10.6. The molecule has 0 amide bonds. The van der Waals surface area contributed by atoms with E-state index >= 15 is 0 Å². The summed E-state index contributed by atoms with van der Waals surface area (Å²) in [5.74, 6) is 0.949. The third-order valence-corrected chi connectivity index (χ3v) is 2.79. The number of nitrogens with zero attached hydrogens (tertiary/aromatic N) is 4. The highest BCUT2D eigenvalue weighted by Gasteiger charge is 2.13. The number of hydrogen-bond acceptors (Lipinski definition) is 5. The number of benzene rings is 1. The summed E-state index contributed by atoms with van der Waals surface area (Å²) in [6.45, 7) is 0. The average Bonchev–Trinajstić information content (AvgIpc) is 2.77. The highest BCUT2D eigenvalue weighted by atomic mass is 16.6. The van der Waals surface area contributed by atoms with E-state index < -0.39 is 4.92 Å². The van der Waals surface area contributed by atoms with Crippen LogP contribution in [0.4, 0.5) is 11.5 Å². The molecule has 0 bridgehead atoms. The topological polar surface area (TPSA) is 99.3 Å². The van der Waals surface area contributed by atoms with Gasteiger partial charge in [0.25, 0.3) is 5.69 Å². The number of imidazole rings is 1. The van der Waals surface area contributed by atoms with Crippen LogP contribution in [0, 0.1) is 10.1 Å². The molecule has 0 unspecified atom stereocenters. The Bertz CT molecular complexity index is 763. The Balaban J connectivity index is 2.13. The second-order valence-corrected chi connectivity index (χ2v) is 3.94. The monoisotopic (exact) mass is 255 g/mol. The Morgan fingerprint density at radius 1 is 1.26 bits per heavy atom. The van der Waals surface area contributed by atoms with Crippen LogP contribution < -0.4 is 5.73 Å². The van der Waals surface area contributed by atoms with E-state index in [2.05, 4.69) is 9.97 Å². The summed E-state index contributed by atoms with van der Waals surface area (Å²) >= 11 is 0. The number of nitro benzene ring substituents is 1. The molecule has 0 saturated carbocycles. The van der Waals surface area contributed by atoms with Crippen LogP contribution in [0.25, 0.3) is 17.0 Å². The third kappa shape index (κ3) is 1.77. The van der Waals surface area contributed by atoms with Gasteiger partial charge in [0, 0.05) is 30.1 Å². The molecule has 0 aliphatic heterocycles. The molecule has 0 fully saturated rings. The summed E-state index contributed by atoms with van der Waals surface area (Å²) in [5.41, 5.74) is 7.31. The standard InChI is InChI=1S/C12H9N5O2/c13-11-10(15-12-14-6-1-7-16(11)12)8-2-4-9(5-3-8)17(18)19/h1-7H,13H2. The van der Waals surface area contributed by atoms with E-state index in [4.69, 9.17) is 5.73 Å². The molecule has 3 rings (SSSR count). The van der Waals surface area contributed by atoms with Gasteiger partial charge in [0.1, 0.15) is 11.5 Å². The molecule has 7 nitrogen and oxygen atoms in total. The van der Waals surface area contributed by atoms with Crippen molar-refractivity contribution in [1.82, 2.24) is 14.4 Å². The minimum atomic E-state index is -0.446. The van der Waals surface area contributed by atoms with Crippen LogP contribution in [-0.2, 0) is 0 Å². The van der Waals surface area contributed by atoms with Crippen LogP contribution in [-0.4, -0.2) is 19.3 Å². The number of nitrogen functional groups attached to an aromatic ring is 1. The predicted octanol–water partition coefficient (Wildman–Crippen LogP) is 1.89. The van der Waals surface area contributed by atoms with Crippen molar-refractivity contribution in [2.24, 2.45) is 0 Å². The van der Waals surface area contributed by atoms with Crippen LogP contribution in [0.3, 0.4) is 0 Å². The van der Waals surface area contributed by atoms with E-state index in [9.17, 15) is 10.1 Å². The maximum absolute atomic E-state index is 10.6. The second-order valence-electron chi connectivity index (χ2n) is 3.94. The van der Waals surface area contributed by atoms with Gasteiger partial charge in [-0.05, 0) is 18.2 Å². The number of anilines is 1. The van der Waals surface area contributed by atoms with Crippen LogP contribution in [0.1, 0.15) is 0 Å². The molecule has 19 heavy (non-hydrogen) atoms. The largest absolute Gasteiger partial charge is 0.383 e. The van der Waals surface area contributed by atoms with Crippen molar-refractivity contribution in [3.8, 4) is 11.3 Å². The summed E-state index contributed by atoms with van der Waals surface area (Å²) < 4.78 is 1.66. The van der Waals surface area contributed by atoms with Gasteiger partial charge in [0.2, 0.25) is 5.78 Å². The Morgan fingerprint density at radius 3 is 2.63 bits per heavy atom. The Hall–Kier alpha value is -2.96. The van der Waals surface area contributed by atoms with Crippen molar-refractivity contribution >= 4 is 17.3 Å². The van der Waals surface area contributed by atoms with Gasteiger partial charge in [-0.3, -0.25) is 14.5 Å². The smallest absolute Gasteiger partial charge is 0.269 e. The van der Waals surface area contributed by atoms with Crippen LogP contribution in [0.2, 0.25) is 0 Å². The predicted molar refractivity (Wildman–Crippen MR) is 69.5 cm³/mol. The summed E-state index contributed by atoms with van der Waals surface area (Å²) in [6, 6.07) is 7.84. The SMILES string of the molecule is Nc1c(-c2ccc([N+](=O)[O-])cc2)nc2ncccn12. The van der Waals surface area contributed by atoms with Gasteiger partial charge < -0.3 is 5.73 Å². The molecule has 1 aromatic carbocycles. The lowest BCUT2D eigenvalue weighted by molar-refractivity contribution is -0.384. The lowest BCUT2D eigenvalue weighted by Crippen LogP contribution is -1.94.